The predicted octanol–water partition coefficient (Wildman–Crippen LogP) is 1.95. The number of allylic oxidation sites excluding steroid dienone is 1. The molecule has 1 heterocycles. The second-order valence-electron chi connectivity index (χ2n) is 3.19. The average molecular weight is 168 g/mol. The molecule has 68 valence electrons. The molecule has 0 aliphatic carbocycles. The largest absolute Gasteiger partial charge is 0.381 e. The predicted molar refractivity (Wildman–Crippen MR) is 48.0 cm³/mol. The molecular formula is C10H16O2. The number of hydrogen-bond acceptors (Lipinski definition) is 2. The first-order valence-electron chi connectivity index (χ1n) is 4.60. The molecule has 1 saturated heterocycles. The molecule has 0 bridgehead atoms. The molecule has 1 rings (SSSR count). The van der Waals surface area contributed by atoms with Gasteiger partial charge in [0.2, 0.25) is 0 Å². The van der Waals surface area contributed by atoms with E-state index in [0.717, 1.165) is 44.3 Å². The molecule has 0 spiro atoms. The van der Waals surface area contributed by atoms with Crippen LogP contribution in [0.3, 0.4) is 0 Å². The lowest BCUT2D eigenvalue weighted by Crippen LogP contribution is -2.15. The first-order chi connectivity index (χ1) is 5.86. The van der Waals surface area contributed by atoms with Crippen LogP contribution in [0, 0.1) is 5.92 Å². The van der Waals surface area contributed by atoms with Crippen LogP contribution in [-0.2, 0) is 9.53 Å². The third-order valence-electron chi connectivity index (χ3n) is 2.20. The molecule has 0 aromatic heterocycles. The molecule has 0 aromatic carbocycles. The van der Waals surface area contributed by atoms with Crippen LogP contribution in [0.5, 0.6) is 0 Å². The molecule has 1 unspecified atom stereocenters. The minimum atomic E-state index is 0.471. The maximum absolute atomic E-state index is 10.5. The normalized spacial score (nSPS) is 25.4. The summed E-state index contributed by atoms with van der Waals surface area (Å²) in [4.78, 5) is 10.5. The van der Waals surface area contributed by atoms with E-state index in [1.165, 1.54) is 0 Å². The Morgan fingerprint density at radius 3 is 3.00 bits per heavy atom. The Morgan fingerprint density at radius 2 is 2.50 bits per heavy atom. The van der Waals surface area contributed by atoms with Crippen LogP contribution in [0.4, 0.5) is 0 Å². The highest BCUT2D eigenvalue weighted by molar-refractivity contribution is 5.72. The van der Waals surface area contributed by atoms with Crippen molar-refractivity contribution in [2.24, 2.45) is 5.92 Å². The van der Waals surface area contributed by atoms with Crippen LogP contribution in [0.25, 0.3) is 0 Å². The highest BCUT2D eigenvalue weighted by Gasteiger charge is 2.11. The summed E-state index contributed by atoms with van der Waals surface area (Å²) in [7, 11) is 0. The van der Waals surface area contributed by atoms with Gasteiger partial charge in [0.1, 0.15) is 6.29 Å². The van der Waals surface area contributed by atoms with E-state index in [0.29, 0.717) is 5.92 Å². The zero-order valence-corrected chi connectivity index (χ0v) is 7.58. The molecule has 1 fully saturated rings. The number of rotatable bonds is 3. The maximum Gasteiger partial charge on any atom is 0.145 e. The first kappa shape index (κ1) is 9.46. The van der Waals surface area contributed by atoms with Gasteiger partial charge in [0.05, 0.1) is 6.61 Å². The van der Waals surface area contributed by atoms with Crippen LogP contribution in [-0.4, -0.2) is 19.5 Å². The van der Waals surface area contributed by atoms with Crippen molar-refractivity contribution in [1.82, 2.24) is 0 Å². The molecule has 1 atom stereocenters. The van der Waals surface area contributed by atoms with Gasteiger partial charge >= 0.3 is 0 Å². The zero-order valence-electron chi connectivity index (χ0n) is 7.58. The lowest BCUT2D eigenvalue weighted by Gasteiger charge is -2.19. The average Bonchev–Trinajstić information content (AvgIpc) is 2.16. The van der Waals surface area contributed by atoms with E-state index in [9.17, 15) is 4.79 Å². The van der Waals surface area contributed by atoms with Gasteiger partial charge < -0.3 is 4.74 Å². The van der Waals surface area contributed by atoms with Crippen molar-refractivity contribution in [3.8, 4) is 0 Å². The number of carbonyl (C=O) groups is 1. The van der Waals surface area contributed by atoms with Crippen LogP contribution < -0.4 is 0 Å². The van der Waals surface area contributed by atoms with Gasteiger partial charge in [0.25, 0.3) is 0 Å². The standard InChI is InChI=1S/C10H16O2/c1-2-9(7-11)6-10-4-3-5-12-8-10/h6-7,10H,2-5,8H2,1H3/b9-6+. The highest BCUT2D eigenvalue weighted by atomic mass is 16.5. The highest BCUT2D eigenvalue weighted by Crippen LogP contribution is 2.16. The van der Waals surface area contributed by atoms with E-state index in [1.54, 1.807) is 0 Å². The molecule has 0 aromatic rings. The Balaban J connectivity index is 2.45. The van der Waals surface area contributed by atoms with E-state index in [4.69, 9.17) is 4.74 Å². The molecule has 1 aliphatic heterocycles. The molecule has 1 aliphatic rings. The van der Waals surface area contributed by atoms with E-state index in [-0.39, 0.29) is 0 Å². The van der Waals surface area contributed by atoms with Gasteiger partial charge in [-0.2, -0.15) is 0 Å². The first-order valence-corrected chi connectivity index (χ1v) is 4.60. The lowest BCUT2D eigenvalue weighted by atomic mass is 9.99. The monoisotopic (exact) mass is 168 g/mol. The number of hydrogen-bond donors (Lipinski definition) is 0. The summed E-state index contributed by atoms with van der Waals surface area (Å²) in [5.41, 5.74) is 0.908. The zero-order chi connectivity index (χ0) is 8.81. The van der Waals surface area contributed by atoms with Gasteiger partial charge in [0.15, 0.2) is 0 Å². The summed E-state index contributed by atoms with van der Waals surface area (Å²) in [6.45, 7) is 3.67. The van der Waals surface area contributed by atoms with E-state index >= 15 is 0 Å². The summed E-state index contributed by atoms with van der Waals surface area (Å²) >= 11 is 0. The van der Waals surface area contributed by atoms with Gasteiger partial charge in [-0.3, -0.25) is 4.79 Å². The lowest BCUT2D eigenvalue weighted by molar-refractivity contribution is -0.105. The van der Waals surface area contributed by atoms with E-state index in [1.807, 2.05) is 6.92 Å². The quantitative estimate of drug-likeness (QED) is 0.475. The number of carbonyl (C=O) groups excluding carboxylic acids is 1. The number of aldehydes is 1. The van der Waals surface area contributed by atoms with E-state index < -0.39 is 0 Å². The van der Waals surface area contributed by atoms with Crippen LogP contribution in [0.15, 0.2) is 11.6 Å². The minimum Gasteiger partial charge on any atom is -0.381 e. The topological polar surface area (TPSA) is 26.3 Å². The molecule has 2 nitrogen and oxygen atoms in total. The molecule has 0 N–H and O–H groups in total. The Kier molecular flexibility index (Phi) is 4.01. The fourth-order valence-corrected chi connectivity index (χ4v) is 1.44. The van der Waals surface area contributed by atoms with Crippen molar-refractivity contribution in [2.45, 2.75) is 26.2 Å². The fraction of sp³-hybridized carbons (Fsp3) is 0.700. The summed E-state index contributed by atoms with van der Waals surface area (Å²) in [5, 5.41) is 0. The Hall–Kier alpha value is -0.630. The maximum atomic E-state index is 10.5. The van der Waals surface area contributed by atoms with Gasteiger partial charge in [-0.15, -0.1) is 0 Å². The molecule has 0 saturated carbocycles. The van der Waals surface area contributed by atoms with Crippen molar-refractivity contribution >= 4 is 6.29 Å². The minimum absolute atomic E-state index is 0.471. The number of ether oxygens (including phenoxy) is 1. The fourth-order valence-electron chi connectivity index (χ4n) is 1.44. The summed E-state index contributed by atoms with van der Waals surface area (Å²) < 4.78 is 5.31. The SMILES string of the molecule is CC/C(C=O)=C\C1CCCOC1. The van der Waals surface area contributed by atoms with Crippen molar-refractivity contribution in [3.63, 3.8) is 0 Å². The van der Waals surface area contributed by atoms with Gasteiger partial charge in [-0.25, -0.2) is 0 Å². The Bertz CT molecular complexity index is 167. The van der Waals surface area contributed by atoms with Crippen LogP contribution in [0.2, 0.25) is 0 Å². The Morgan fingerprint density at radius 1 is 1.67 bits per heavy atom. The van der Waals surface area contributed by atoms with Gasteiger partial charge in [-0.1, -0.05) is 13.0 Å². The molecule has 0 radical (unpaired) electrons. The molecule has 0 amide bonds. The second kappa shape index (κ2) is 5.09. The second-order valence-corrected chi connectivity index (χ2v) is 3.19. The summed E-state index contributed by atoms with van der Waals surface area (Å²) in [5.74, 6) is 0.471. The molecule has 2 heteroatoms. The van der Waals surface area contributed by atoms with E-state index in [2.05, 4.69) is 6.08 Å². The summed E-state index contributed by atoms with van der Waals surface area (Å²) in [6.07, 6.45) is 6.13. The van der Waals surface area contributed by atoms with Gasteiger partial charge in [0, 0.05) is 12.5 Å². The van der Waals surface area contributed by atoms with Crippen molar-refractivity contribution in [3.05, 3.63) is 11.6 Å². The summed E-state index contributed by atoms with van der Waals surface area (Å²) in [6, 6.07) is 0. The van der Waals surface area contributed by atoms with Crippen molar-refractivity contribution in [2.75, 3.05) is 13.2 Å². The van der Waals surface area contributed by atoms with Gasteiger partial charge in [-0.05, 0) is 24.8 Å². The Labute approximate surface area is 73.6 Å². The third kappa shape index (κ3) is 2.78. The molecular weight excluding hydrogens is 152 g/mol. The van der Waals surface area contributed by atoms with Crippen LogP contribution >= 0.6 is 0 Å². The van der Waals surface area contributed by atoms with Crippen molar-refractivity contribution in [1.29, 1.82) is 0 Å². The van der Waals surface area contributed by atoms with Crippen LogP contribution in [0.1, 0.15) is 26.2 Å². The molecule has 12 heavy (non-hydrogen) atoms. The smallest absolute Gasteiger partial charge is 0.145 e. The third-order valence-corrected chi connectivity index (χ3v) is 2.20. The van der Waals surface area contributed by atoms with Crippen molar-refractivity contribution < 1.29 is 9.53 Å².